The zero-order valence-electron chi connectivity index (χ0n) is 13.0. The van der Waals surface area contributed by atoms with E-state index in [0.29, 0.717) is 10.2 Å². The molecule has 0 spiro atoms. The minimum absolute atomic E-state index is 0.308. The number of amides is 2. The Kier molecular flexibility index (Phi) is 4.24. The summed E-state index contributed by atoms with van der Waals surface area (Å²) in [5.41, 5.74) is 4.71. The predicted molar refractivity (Wildman–Crippen MR) is 97.9 cm³/mol. The standard InChI is InChI=1S/C17H16ClN3OS/c1-9-6-10(2)8-12(7-9)19-16(22)21-17-20-15-11(3)13(18)4-5-14(15)23-17/h4-8H,1-3H3,(H2,19,20,21,22). The molecule has 4 nitrogen and oxygen atoms in total. The fourth-order valence-electron chi connectivity index (χ4n) is 2.46. The van der Waals surface area contributed by atoms with E-state index in [-0.39, 0.29) is 6.03 Å². The van der Waals surface area contributed by atoms with Crippen LogP contribution in [0.25, 0.3) is 10.2 Å². The Morgan fingerprint density at radius 3 is 2.48 bits per heavy atom. The highest BCUT2D eigenvalue weighted by molar-refractivity contribution is 7.22. The first-order valence-electron chi connectivity index (χ1n) is 7.14. The van der Waals surface area contributed by atoms with E-state index in [2.05, 4.69) is 21.7 Å². The number of nitrogens with one attached hydrogen (secondary N) is 2. The van der Waals surface area contributed by atoms with Gasteiger partial charge in [0.25, 0.3) is 0 Å². The number of nitrogens with zero attached hydrogens (tertiary/aromatic N) is 1. The number of halogens is 1. The van der Waals surface area contributed by atoms with Crippen molar-refractivity contribution >= 4 is 50.0 Å². The van der Waals surface area contributed by atoms with Crippen LogP contribution in [0.3, 0.4) is 0 Å². The van der Waals surface area contributed by atoms with Gasteiger partial charge in [0.1, 0.15) is 0 Å². The molecule has 2 amide bonds. The third-order valence-corrected chi connectivity index (χ3v) is 4.79. The Balaban J connectivity index is 1.79. The number of rotatable bonds is 2. The van der Waals surface area contributed by atoms with Crippen LogP contribution < -0.4 is 10.6 Å². The molecule has 0 saturated carbocycles. The lowest BCUT2D eigenvalue weighted by molar-refractivity contribution is 0.262. The molecule has 118 valence electrons. The number of urea groups is 1. The van der Waals surface area contributed by atoms with E-state index >= 15 is 0 Å². The van der Waals surface area contributed by atoms with Gasteiger partial charge in [-0.05, 0) is 61.7 Å². The Labute approximate surface area is 143 Å². The van der Waals surface area contributed by atoms with Gasteiger partial charge in [0.2, 0.25) is 0 Å². The molecule has 0 unspecified atom stereocenters. The van der Waals surface area contributed by atoms with Crippen molar-refractivity contribution in [2.24, 2.45) is 0 Å². The van der Waals surface area contributed by atoms with Crippen molar-refractivity contribution in [3.05, 3.63) is 52.0 Å². The van der Waals surface area contributed by atoms with E-state index in [1.54, 1.807) is 0 Å². The molecule has 0 saturated heterocycles. The van der Waals surface area contributed by atoms with Gasteiger partial charge in [0, 0.05) is 10.7 Å². The first kappa shape index (κ1) is 15.8. The third kappa shape index (κ3) is 3.46. The van der Waals surface area contributed by atoms with Crippen molar-refractivity contribution in [3.63, 3.8) is 0 Å². The fourth-order valence-corrected chi connectivity index (χ4v) is 3.53. The average Bonchev–Trinajstić information content (AvgIpc) is 2.85. The summed E-state index contributed by atoms with van der Waals surface area (Å²) in [7, 11) is 0. The Hall–Kier alpha value is -2.11. The van der Waals surface area contributed by atoms with Crippen molar-refractivity contribution in [1.82, 2.24) is 4.98 Å². The summed E-state index contributed by atoms with van der Waals surface area (Å²) < 4.78 is 0.994. The molecule has 0 fully saturated rings. The molecule has 0 atom stereocenters. The minimum atomic E-state index is -0.308. The summed E-state index contributed by atoms with van der Waals surface area (Å²) in [6.45, 7) is 5.91. The topological polar surface area (TPSA) is 54.0 Å². The van der Waals surface area contributed by atoms with Crippen molar-refractivity contribution in [3.8, 4) is 0 Å². The molecule has 2 N–H and O–H groups in total. The first-order valence-corrected chi connectivity index (χ1v) is 8.34. The lowest BCUT2D eigenvalue weighted by atomic mass is 10.1. The molecule has 0 radical (unpaired) electrons. The molecular formula is C17H16ClN3OS. The Morgan fingerprint density at radius 2 is 1.78 bits per heavy atom. The monoisotopic (exact) mass is 345 g/mol. The van der Waals surface area contributed by atoms with E-state index < -0.39 is 0 Å². The molecule has 2 aromatic carbocycles. The highest BCUT2D eigenvalue weighted by Gasteiger charge is 2.11. The van der Waals surface area contributed by atoms with Crippen LogP contribution in [-0.4, -0.2) is 11.0 Å². The van der Waals surface area contributed by atoms with E-state index in [4.69, 9.17) is 11.6 Å². The summed E-state index contributed by atoms with van der Waals surface area (Å²) in [5.74, 6) is 0. The van der Waals surface area contributed by atoms with Crippen LogP contribution in [0, 0.1) is 20.8 Å². The fraction of sp³-hybridized carbons (Fsp3) is 0.176. The maximum absolute atomic E-state index is 12.2. The van der Waals surface area contributed by atoms with Crippen molar-refractivity contribution < 1.29 is 4.79 Å². The maximum Gasteiger partial charge on any atom is 0.325 e. The van der Waals surface area contributed by atoms with Gasteiger partial charge in [-0.2, -0.15) is 0 Å². The highest BCUT2D eigenvalue weighted by atomic mass is 35.5. The summed E-state index contributed by atoms with van der Waals surface area (Å²) in [5, 5.41) is 6.84. The normalized spacial score (nSPS) is 10.8. The number of aryl methyl sites for hydroxylation is 3. The summed E-state index contributed by atoms with van der Waals surface area (Å²) in [6, 6.07) is 9.36. The van der Waals surface area contributed by atoms with E-state index in [9.17, 15) is 4.79 Å². The van der Waals surface area contributed by atoms with Crippen molar-refractivity contribution in [1.29, 1.82) is 0 Å². The van der Waals surface area contributed by atoms with Gasteiger partial charge >= 0.3 is 6.03 Å². The SMILES string of the molecule is Cc1cc(C)cc(NC(=O)Nc2nc3c(C)c(Cl)ccc3s2)c1. The zero-order chi connectivity index (χ0) is 16.6. The highest BCUT2D eigenvalue weighted by Crippen LogP contribution is 2.31. The number of anilines is 2. The molecule has 1 aromatic heterocycles. The Bertz CT molecular complexity index is 884. The van der Waals surface area contributed by atoms with Gasteiger partial charge in [0.15, 0.2) is 5.13 Å². The average molecular weight is 346 g/mol. The molecule has 23 heavy (non-hydrogen) atoms. The van der Waals surface area contributed by atoms with E-state index in [0.717, 1.165) is 32.6 Å². The smallest absolute Gasteiger partial charge is 0.308 e. The largest absolute Gasteiger partial charge is 0.325 e. The van der Waals surface area contributed by atoms with Crippen LogP contribution >= 0.6 is 22.9 Å². The molecule has 0 aliphatic rings. The van der Waals surface area contributed by atoms with Gasteiger partial charge in [-0.15, -0.1) is 0 Å². The number of hydrogen-bond donors (Lipinski definition) is 2. The molecule has 0 aliphatic carbocycles. The first-order chi connectivity index (χ1) is 10.9. The lowest BCUT2D eigenvalue weighted by Gasteiger charge is -2.07. The van der Waals surface area contributed by atoms with E-state index in [1.807, 2.05) is 45.0 Å². The molecule has 3 aromatic rings. The van der Waals surface area contributed by atoms with Crippen LogP contribution in [0.1, 0.15) is 16.7 Å². The van der Waals surface area contributed by atoms with Gasteiger partial charge < -0.3 is 5.32 Å². The number of aromatic nitrogens is 1. The lowest BCUT2D eigenvalue weighted by Crippen LogP contribution is -2.19. The van der Waals surface area contributed by atoms with Crippen LogP contribution in [0.15, 0.2) is 30.3 Å². The molecule has 1 heterocycles. The number of thiazole rings is 1. The molecule has 3 rings (SSSR count). The summed E-state index contributed by atoms with van der Waals surface area (Å²) >= 11 is 7.53. The number of carbonyl (C=O) groups is 1. The number of carbonyl (C=O) groups excluding carboxylic acids is 1. The third-order valence-electron chi connectivity index (χ3n) is 3.45. The van der Waals surface area contributed by atoms with Gasteiger partial charge in [-0.25, -0.2) is 9.78 Å². The second-order valence-electron chi connectivity index (χ2n) is 5.49. The van der Waals surface area contributed by atoms with Crippen LogP contribution in [0.4, 0.5) is 15.6 Å². The molecule has 6 heteroatoms. The van der Waals surface area contributed by atoms with Crippen LogP contribution in [0.2, 0.25) is 5.02 Å². The molecule has 0 bridgehead atoms. The number of hydrogen-bond acceptors (Lipinski definition) is 3. The predicted octanol–water partition coefficient (Wildman–Crippen LogP) is 5.52. The van der Waals surface area contributed by atoms with Gasteiger partial charge in [-0.1, -0.05) is 29.0 Å². The molecule has 0 aliphatic heterocycles. The minimum Gasteiger partial charge on any atom is -0.308 e. The van der Waals surface area contributed by atoms with Crippen LogP contribution in [-0.2, 0) is 0 Å². The second kappa shape index (κ2) is 6.18. The van der Waals surface area contributed by atoms with Gasteiger partial charge in [0.05, 0.1) is 10.2 Å². The van der Waals surface area contributed by atoms with Crippen molar-refractivity contribution in [2.75, 3.05) is 10.6 Å². The quantitative estimate of drug-likeness (QED) is 0.642. The van der Waals surface area contributed by atoms with Crippen molar-refractivity contribution in [2.45, 2.75) is 20.8 Å². The zero-order valence-corrected chi connectivity index (χ0v) is 14.6. The molecular weight excluding hydrogens is 330 g/mol. The summed E-state index contributed by atoms with van der Waals surface area (Å²) in [6.07, 6.45) is 0. The second-order valence-corrected chi connectivity index (χ2v) is 6.93. The van der Waals surface area contributed by atoms with Gasteiger partial charge in [-0.3, -0.25) is 5.32 Å². The number of benzene rings is 2. The Morgan fingerprint density at radius 1 is 1.09 bits per heavy atom. The van der Waals surface area contributed by atoms with Crippen LogP contribution in [0.5, 0.6) is 0 Å². The maximum atomic E-state index is 12.2. The number of fused-ring (bicyclic) bond motifs is 1. The summed E-state index contributed by atoms with van der Waals surface area (Å²) in [4.78, 5) is 16.6. The van der Waals surface area contributed by atoms with E-state index in [1.165, 1.54) is 11.3 Å².